The van der Waals surface area contributed by atoms with Gasteiger partial charge in [-0.05, 0) is 48.7 Å². The summed E-state index contributed by atoms with van der Waals surface area (Å²) >= 11 is 0. The van der Waals surface area contributed by atoms with E-state index in [4.69, 9.17) is 14.5 Å². The van der Waals surface area contributed by atoms with Gasteiger partial charge in [-0.25, -0.2) is 9.79 Å². The normalized spacial score (nSPS) is 14.8. The molecule has 0 radical (unpaired) electrons. The summed E-state index contributed by atoms with van der Waals surface area (Å²) in [6.07, 6.45) is 0. The van der Waals surface area contributed by atoms with E-state index in [0.717, 1.165) is 22.3 Å². The van der Waals surface area contributed by atoms with Gasteiger partial charge in [0.05, 0.1) is 11.1 Å². The minimum absolute atomic E-state index is 0.213. The fourth-order valence-corrected chi connectivity index (χ4v) is 3.24. The fourth-order valence-electron chi connectivity index (χ4n) is 3.24. The summed E-state index contributed by atoms with van der Waals surface area (Å²) in [5.74, 6) is 0.330. The highest BCUT2D eigenvalue weighted by Crippen LogP contribution is 2.29. The maximum absolute atomic E-state index is 12.4. The zero-order valence-corrected chi connectivity index (χ0v) is 16.6. The van der Waals surface area contributed by atoms with E-state index in [1.54, 1.807) is 12.1 Å². The first kappa shape index (κ1) is 18.9. The van der Waals surface area contributed by atoms with E-state index in [1.807, 2.05) is 66.7 Å². The van der Waals surface area contributed by atoms with E-state index in [2.05, 4.69) is 13.8 Å². The van der Waals surface area contributed by atoms with Gasteiger partial charge in [-0.15, -0.1) is 0 Å². The molecule has 1 aliphatic rings. The van der Waals surface area contributed by atoms with Crippen molar-refractivity contribution in [1.29, 1.82) is 0 Å². The second-order valence-electron chi connectivity index (χ2n) is 7.70. The van der Waals surface area contributed by atoms with Crippen molar-refractivity contribution in [1.82, 2.24) is 0 Å². The summed E-state index contributed by atoms with van der Waals surface area (Å²) in [6, 6.07) is 25.1. The lowest BCUT2D eigenvalue weighted by molar-refractivity contribution is 0.0472. The number of hydrogen-bond donors (Lipinski definition) is 0. The Labute approximate surface area is 170 Å². The van der Waals surface area contributed by atoms with Gasteiger partial charge in [0.25, 0.3) is 0 Å². The molecule has 0 bridgehead atoms. The van der Waals surface area contributed by atoms with E-state index in [9.17, 15) is 4.79 Å². The standard InChI is InChI=1S/C25H23NO3/c1-25(2)17-29-23(26-25)22-11-7-6-10-21(22)19-12-14-20(15-13-19)24(27)28-16-18-8-4-3-5-9-18/h3-15H,16-17H2,1-2H3. The molecule has 0 aromatic heterocycles. The zero-order chi connectivity index (χ0) is 20.3. The van der Waals surface area contributed by atoms with Gasteiger partial charge in [-0.3, -0.25) is 0 Å². The summed E-state index contributed by atoms with van der Waals surface area (Å²) in [6.45, 7) is 4.94. The van der Waals surface area contributed by atoms with Gasteiger partial charge in [0.15, 0.2) is 0 Å². The van der Waals surface area contributed by atoms with Crippen molar-refractivity contribution in [2.75, 3.05) is 6.61 Å². The second-order valence-corrected chi connectivity index (χ2v) is 7.70. The molecule has 4 nitrogen and oxygen atoms in total. The van der Waals surface area contributed by atoms with Gasteiger partial charge in [-0.1, -0.05) is 60.7 Å². The number of hydrogen-bond acceptors (Lipinski definition) is 4. The summed E-state index contributed by atoms with van der Waals surface area (Å²) in [5.41, 5.74) is 4.25. The molecule has 0 aliphatic carbocycles. The molecular weight excluding hydrogens is 362 g/mol. The monoisotopic (exact) mass is 385 g/mol. The first-order valence-corrected chi connectivity index (χ1v) is 9.65. The molecule has 1 heterocycles. The van der Waals surface area contributed by atoms with Gasteiger partial charge in [-0.2, -0.15) is 0 Å². The smallest absolute Gasteiger partial charge is 0.338 e. The minimum atomic E-state index is -0.334. The van der Waals surface area contributed by atoms with Crippen LogP contribution in [0.15, 0.2) is 83.9 Å². The lowest BCUT2D eigenvalue weighted by atomic mass is 9.98. The van der Waals surface area contributed by atoms with E-state index >= 15 is 0 Å². The van der Waals surface area contributed by atoms with Crippen molar-refractivity contribution in [2.45, 2.75) is 26.0 Å². The quantitative estimate of drug-likeness (QED) is 0.563. The topological polar surface area (TPSA) is 47.9 Å². The third-order valence-electron chi connectivity index (χ3n) is 4.77. The van der Waals surface area contributed by atoms with Crippen LogP contribution in [-0.4, -0.2) is 24.0 Å². The average molecular weight is 385 g/mol. The van der Waals surface area contributed by atoms with Crippen LogP contribution in [0.2, 0.25) is 0 Å². The van der Waals surface area contributed by atoms with Crippen LogP contribution in [0.5, 0.6) is 0 Å². The first-order valence-electron chi connectivity index (χ1n) is 9.65. The third-order valence-corrected chi connectivity index (χ3v) is 4.77. The summed E-state index contributed by atoms with van der Waals surface area (Å²) in [5, 5.41) is 0. The van der Waals surface area contributed by atoms with Crippen LogP contribution in [0.3, 0.4) is 0 Å². The van der Waals surface area contributed by atoms with Crippen molar-refractivity contribution < 1.29 is 14.3 Å². The third kappa shape index (κ3) is 4.37. The Morgan fingerprint density at radius 1 is 0.931 bits per heavy atom. The Kier molecular flexibility index (Phi) is 5.17. The summed E-state index contributed by atoms with van der Waals surface area (Å²) in [7, 11) is 0. The molecule has 4 rings (SSSR count). The fraction of sp³-hybridized carbons (Fsp3) is 0.200. The Balaban J connectivity index is 1.52. The van der Waals surface area contributed by atoms with Crippen LogP contribution in [0.25, 0.3) is 11.1 Å². The molecule has 3 aromatic carbocycles. The summed E-state index contributed by atoms with van der Waals surface area (Å²) < 4.78 is 11.2. The first-order chi connectivity index (χ1) is 14.0. The molecule has 146 valence electrons. The van der Waals surface area contributed by atoms with E-state index in [-0.39, 0.29) is 18.1 Å². The van der Waals surface area contributed by atoms with E-state index in [1.165, 1.54) is 0 Å². The molecule has 1 aliphatic heterocycles. The Hall–Kier alpha value is -3.40. The van der Waals surface area contributed by atoms with Crippen LogP contribution in [-0.2, 0) is 16.1 Å². The number of benzene rings is 3. The largest absolute Gasteiger partial charge is 0.475 e. The molecule has 0 saturated heterocycles. The molecule has 4 heteroatoms. The number of esters is 1. The number of rotatable bonds is 5. The molecule has 0 N–H and O–H groups in total. The Morgan fingerprint density at radius 3 is 2.24 bits per heavy atom. The lowest BCUT2D eigenvalue weighted by Crippen LogP contribution is -2.17. The van der Waals surface area contributed by atoms with Crippen LogP contribution < -0.4 is 0 Å². The molecule has 29 heavy (non-hydrogen) atoms. The van der Waals surface area contributed by atoms with Crippen LogP contribution >= 0.6 is 0 Å². The maximum atomic E-state index is 12.4. The highest BCUT2D eigenvalue weighted by atomic mass is 16.5. The molecular formula is C25H23NO3. The highest BCUT2D eigenvalue weighted by molar-refractivity contribution is 6.02. The summed E-state index contributed by atoms with van der Waals surface area (Å²) in [4.78, 5) is 17.0. The van der Waals surface area contributed by atoms with Gasteiger partial charge in [0.2, 0.25) is 5.90 Å². The van der Waals surface area contributed by atoms with Crippen molar-refractivity contribution in [3.05, 3.63) is 95.6 Å². The SMILES string of the molecule is CC1(C)COC(c2ccccc2-c2ccc(C(=O)OCc3ccccc3)cc2)=N1. The van der Waals surface area contributed by atoms with E-state index in [0.29, 0.717) is 18.1 Å². The number of nitrogens with zero attached hydrogens (tertiary/aromatic N) is 1. The number of ether oxygens (including phenoxy) is 2. The van der Waals surface area contributed by atoms with Crippen molar-refractivity contribution in [2.24, 2.45) is 4.99 Å². The van der Waals surface area contributed by atoms with Gasteiger partial charge in [0, 0.05) is 5.56 Å². The lowest BCUT2D eigenvalue weighted by Gasteiger charge is -2.10. The van der Waals surface area contributed by atoms with Crippen LogP contribution in [0, 0.1) is 0 Å². The van der Waals surface area contributed by atoms with Crippen LogP contribution in [0.4, 0.5) is 0 Å². The predicted molar refractivity (Wildman–Crippen MR) is 114 cm³/mol. The molecule has 0 atom stereocenters. The maximum Gasteiger partial charge on any atom is 0.338 e. The molecule has 0 amide bonds. The van der Waals surface area contributed by atoms with E-state index < -0.39 is 0 Å². The van der Waals surface area contributed by atoms with Crippen LogP contribution in [0.1, 0.15) is 35.3 Å². The number of aliphatic imine (C=N–C) groups is 1. The van der Waals surface area contributed by atoms with Gasteiger partial charge < -0.3 is 9.47 Å². The highest BCUT2D eigenvalue weighted by Gasteiger charge is 2.28. The predicted octanol–water partition coefficient (Wildman–Crippen LogP) is 5.27. The molecule has 0 fully saturated rings. The molecule has 0 saturated carbocycles. The average Bonchev–Trinajstić information content (AvgIpc) is 3.12. The second kappa shape index (κ2) is 7.92. The zero-order valence-electron chi connectivity index (χ0n) is 16.6. The minimum Gasteiger partial charge on any atom is -0.475 e. The van der Waals surface area contributed by atoms with Crippen molar-refractivity contribution in [3.8, 4) is 11.1 Å². The van der Waals surface area contributed by atoms with Gasteiger partial charge >= 0.3 is 5.97 Å². The van der Waals surface area contributed by atoms with Crippen molar-refractivity contribution >= 4 is 11.9 Å². The Bertz CT molecular complexity index is 1040. The Morgan fingerprint density at radius 2 is 1.59 bits per heavy atom. The van der Waals surface area contributed by atoms with Gasteiger partial charge in [0.1, 0.15) is 13.2 Å². The molecule has 0 unspecified atom stereocenters. The number of carbonyl (C=O) groups excluding carboxylic acids is 1. The number of carbonyl (C=O) groups is 1. The molecule has 3 aromatic rings. The molecule has 0 spiro atoms. The van der Waals surface area contributed by atoms with Crippen molar-refractivity contribution in [3.63, 3.8) is 0 Å².